The van der Waals surface area contributed by atoms with Gasteiger partial charge in [0.2, 0.25) is 5.91 Å². The fraction of sp³-hybridized carbons (Fsp3) is 0.571. The highest BCUT2D eigenvalue weighted by Crippen LogP contribution is 2.39. The van der Waals surface area contributed by atoms with E-state index >= 15 is 0 Å². The molecule has 1 aromatic rings. The van der Waals surface area contributed by atoms with Gasteiger partial charge in [-0.25, -0.2) is 0 Å². The smallest absolute Gasteiger partial charge is 0.325 e. The van der Waals surface area contributed by atoms with Crippen LogP contribution in [-0.2, 0) is 14.3 Å². The highest BCUT2D eigenvalue weighted by Gasteiger charge is 2.34. The van der Waals surface area contributed by atoms with E-state index in [2.05, 4.69) is 6.92 Å². The molecule has 1 atom stereocenters. The molecule has 1 amide bonds. The number of hydrogen-bond acceptors (Lipinski definition) is 5. The van der Waals surface area contributed by atoms with Gasteiger partial charge >= 0.3 is 5.97 Å². The fourth-order valence-corrected chi connectivity index (χ4v) is 3.98. The van der Waals surface area contributed by atoms with Crippen molar-refractivity contribution in [2.45, 2.75) is 31.6 Å². The molecular formula is C14H19NO3S2. The molecule has 110 valence electrons. The number of thioether (sulfide) groups is 1. The van der Waals surface area contributed by atoms with E-state index in [4.69, 9.17) is 4.74 Å². The Bertz CT molecular complexity index is 447. The summed E-state index contributed by atoms with van der Waals surface area (Å²) in [5, 5.41) is 3.97. The Hall–Kier alpha value is -1.01. The van der Waals surface area contributed by atoms with Gasteiger partial charge in [0, 0.05) is 0 Å². The first-order chi connectivity index (χ1) is 9.72. The van der Waals surface area contributed by atoms with Gasteiger partial charge in [-0.2, -0.15) is 11.3 Å². The summed E-state index contributed by atoms with van der Waals surface area (Å²) in [5.41, 5.74) is 1.09. The minimum Gasteiger partial charge on any atom is -0.464 e. The maximum Gasteiger partial charge on any atom is 0.325 e. The Labute approximate surface area is 127 Å². The molecule has 0 aromatic carbocycles. The summed E-state index contributed by atoms with van der Waals surface area (Å²) in [6.07, 6.45) is 3.04. The van der Waals surface area contributed by atoms with Crippen LogP contribution in [0.1, 0.15) is 37.1 Å². The molecule has 0 spiro atoms. The molecule has 4 nitrogen and oxygen atoms in total. The third kappa shape index (κ3) is 3.99. The second-order valence-corrected chi connectivity index (χ2v) is 6.52. The number of hydrogen-bond donors (Lipinski definition) is 0. The molecule has 6 heteroatoms. The molecule has 1 aliphatic rings. The third-order valence-electron chi connectivity index (χ3n) is 3.11. The van der Waals surface area contributed by atoms with Crippen molar-refractivity contribution >= 4 is 35.0 Å². The van der Waals surface area contributed by atoms with Gasteiger partial charge in [0.25, 0.3) is 0 Å². The number of esters is 1. The molecule has 1 saturated heterocycles. The van der Waals surface area contributed by atoms with Crippen molar-refractivity contribution in [1.82, 2.24) is 4.90 Å². The molecule has 0 N–H and O–H groups in total. The summed E-state index contributed by atoms with van der Waals surface area (Å²) in [4.78, 5) is 25.3. The van der Waals surface area contributed by atoms with Crippen molar-refractivity contribution in [2.75, 3.05) is 18.9 Å². The lowest BCUT2D eigenvalue weighted by atomic mass is 10.3. The monoisotopic (exact) mass is 313 g/mol. The number of thiophene rings is 1. The van der Waals surface area contributed by atoms with Crippen LogP contribution in [0.15, 0.2) is 16.8 Å². The molecule has 1 unspecified atom stereocenters. The Kier molecular flexibility index (Phi) is 5.91. The molecule has 1 fully saturated rings. The van der Waals surface area contributed by atoms with Crippen LogP contribution in [0.2, 0.25) is 0 Å². The number of carbonyl (C=O) groups excluding carboxylic acids is 2. The van der Waals surface area contributed by atoms with E-state index in [9.17, 15) is 9.59 Å². The standard InChI is InChI=1S/C14H19NO3S2/c1-2-3-4-6-18-13(17)8-15-12(16)10-20-14(15)11-5-7-19-9-11/h5,7,9,14H,2-4,6,8,10H2,1H3. The Morgan fingerprint density at radius 2 is 2.35 bits per heavy atom. The predicted molar refractivity (Wildman–Crippen MR) is 81.7 cm³/mol. The molecule has 2 heterocycles. The summed E-state index contributed by atoms with van der Waals surface area (Å²) < 4.78 is 5.18. The van der Waals surface area contributed by atoms with Crippen LogP contribution in [0.25, 0.3) is 0 Å². The Balaban J connectivity index is 1.86. The summed E-state index contributed by atoms with van der Waals surface area (Å²) >= 11 is 3.17. The van der Waals surface area contributed by atoms with Gasteiger partial charge in [-0.05, 0) is 28.8 Å². The van der Waals surface area contributed by atoms with Crippen LogP contribution in [0, 0.1) is 0 Å². The van der Waals surface area contributed by atoms with Crippen LogP contribution >= 0.6 is 23.1 Å². The van der Waals surface area contributed by atoms with Crippen LogP contribution in [0.3, 0.4) is 0 Å². The van der Waals surface area contributed by atoms with Crippen molar-refractivity contribution in [3.05, 3.63) is 22.4 Å². The summed E-state index contributed by atoms with van der Waals surface area (Å²) in [7, 11) is 0. The SMILES string of the molecule is CCCCCOC(=O)CN1C(=O)CSC1c1ccsc1. The third-order valence-corrected chi connectivity index (χ3v) is 5.06. The molecule has 2 rings (SSSR count). The van der Waals surface area contributed by atoms with E-state index in [1.54, 1.807) is 28.0 Å². The summed E-state index contributed by atoms with van der Waals surface area (Å²) in [5.74, 6) is 0.137. The number of nitrogens with zero attached hydrogens (tertiary/aromatic N) is 1. The number of unbranched alkanes of at least 4 members (excludes halogenated alkanes) is 2. The highest BCUT2D eigenvalue weighted by atomic mass is 32.2. The minimum absolute atomic E-state index is 0.0108. The second kappa shape index (κ2) is 7.69. The van der Waals surface area contributed by atoms with Gasteiger partial charge in [-0.15, -0.1) is 11.8 Å². The van der Waals surface area contributed by atoms with Crippen LogP contribution in [0.4, 0.5) is 0 Å². The average molecular weight is 313 g/mol. The lowest BCUT2D eigenvalue weighted by Crippen LogP contribution is -2.34. The molecule has 0 radical (unpaired) electrons. The maximum atomic E-state index is 11.9. The first-order valence-electron chi connectivity index (χ1n) is 6.81. The molecule has 0 aliphatic carbocycles. The van der Waals surface area contributed by atoms with Gasteiger partial charge in [0.1, 0.15) is 11.9 Å². The van der Waals surface area contributed by atoms with Gasteiger partial charge in [-0.3, -0.25) is 9.59 Å². The number of carbonyl (C=O) groups is 2. The molecule has 0 saturated carbocycles. The zero-order valence-electron chi connectivity index (χ0n) is 11.5. The van der Waals surface area contributed by atoms with Crippen LogP contribution < -0.4 is 0 Å². The van der Waals surface area contributed by atoms with Gasteiger partial charge < -0.3 is 9.64 Å². The van der Waals surface area contributed by atoms with Gasteiger partial charge in [0.15, 0.2) is 0 Å². The van der Waals surface area contributed by atoms with E-state index in [1.807, 2.05) is 16.8 Å². The number of amides is 1. The van der Waals surface area contributed by atoms with Gasteiger partial charge in [-0.1, -0.05) is 19.8 Å². The maximum absolute atomic E-state index is 11.9. The van der Waals surface area contributed by atoms with E-state index < -0.39 is 0 Å². The fourth-order valence-electron chi connectivity index (χ4n) is 2.04. The molecular weight excluding hydrogens is 294 g/mol. The Morgan fingerprint density at radius 1 is 1.50 bits per heavy atom. The quantitative estimate of drug-likeness (QED) is 0.573. The normalized spacial score (nSPS) is 18.6. The van der Waals surface area contributed by atoms with Crippen molar-refractivity contribution in [3.8, 4) is 0 Å². The van der Waals surface area contributed by atoms with Crippen molar-refractivity contribution in [2.24, 2.45) is 0 Å². The summed E-state index contributed by atoms with van der Waals surface area (Å²) in [6.45, 7) is 2.61. The lowest BCUT2D eigenvalue weighted by molar-refractivity contribution is -0.148. The largest absolute Gasteiger partial charge is 0.464 e. The topological polar surface area (TPSA) is 46.6 Å². The Morgan fingerprint density at radius 3 is 3.05 bits per heavy atom. The van der Waals surface area contributed by atoms with E-state index in [1.165, 1.54) is 0 Å². The second-order valence-electron chi connectivity index (χ2n) is 4.67. The van der Waals surface area contributed by atoms with Crippen molar-refractivity contribution in [1.29, 1.82) is 0 Å². The molecule has 20 heavy (non-hydrogen) atoms. The molecule has 1 aromatic heterocycles. The van der Waals surface area contributed by atoms with E-state index in [0.29, 0.717) is 12.4 Å². The zero-order chi connectivity index (χ0) is 14.4. The van der Waals surface area contributed by atoms with E-state index in [0.717, 1.165) is 24.8 Å². The number of rotatable bonds is 7. The molecule has 0 bridgehead atoms. The first kappa shape index (κ1) is 15.4. The highest BCUT2D eigenvalue weighted by molar-refractivity contribution is 8.00. The zero-order valence-corrected chi connectivity index (χ0v) is 13.2. The van der Waals surface area contributed by atoms with Crippen LogP contribution in [-0.4, -0.2) is 35.7 Å². The van der Waals surface area contributed by atoms with Crippen molar-refractivity contribution in [3.63, 3.8) is 0 Å². The minimum atomic E-state index is -0.308. The first-order valence-corrected chi connectivity index (χ1v) is 8.80. The summed E-state index contributed by atoms with van der Waals surface area (Å²) in [6, 6.07) is 2.00. The van der Waals surface area contributed by atoms with Crippen molar-refractivity contribution < 1.29 is 14.3 Å². The lowest BCUT2D eigenvalue weighted by Gasteiger charge is -2.22. The number of ether oxygens (including phenoxy) is 1. The molecule has 1 aliphatic heterocycles. The average Bonchev–Trinajstić information content (AvgIpc) is 3.06. The predicted octanol–water partition coefficient (Wildman–Crippen LogP) is 3.06. The van der Waals surface area contributed by atoms with Crippen LogP contribution in [0.5, 0.6) is 0 Å². The van der Waals surface area contributed by atoms with Gasteiger partial charge in [0.05, 0.1) is 12.4 Å². The van der Waals surface area contributed by atoms with E-state index in [-0.39, 0.29) is 23.8 Å².